The molecular formula is C25H30N2. The maximum absolute atomic E-state index is 4.75. The van der Waals surface area contributed by atoms with Crippen molar-refractivity contribution < 1.29 is 0 Å². The molecule has 1 heterocycles. The van der Waals surface area contributed by atoms with E-state index in [1.165, 1.54) is 33.8 Å². The SMILES string of the molecule is Cc1ccc(C)c(N=Cc2cc(C)n(-c3ccc(C(C)(C)C)cc3)c2C)c1. The lowest BCUT2D eigenvalue weighted by Crippen LogP contribution is -2.11. The Hall–Kier alpha value is -2.61. The summed E-state index contributed by atoms with van der Waals surface area (Å²) in [7, 11) is 0. The molecular weight excluding hydrogens is 328 g/mol. The first-order chi connectivity index (χ1) is 12.7. The number of aryl methyl sites for hydroxylation is 3. The summed E-state index contributed by atoms with van der Waals surface area (Å²) in [6.07, 6.45) is 1.99. The molecule has 2 nitrogen and oxygen atoms in total. The van der Waals surface area contributed by atoms with Gasteiger partial charge in [0.1, 0.15) is 0 Å². The fraction of sp³-hybridized carbons (Fsp3) is 0.320. The minimum Gasteiger partial charge on any atom is -0.318 e. The van der Waals surface area contributed by atoms with Gasteiger partial charge in [0, 0.05) is 28.9 Å². The van der Waals surface area contributed by atoms with Crippen molar-refractivity contribution in [3.63, 3.8) is 0 Å². The average Bonchev–Trinajstić information content (AvgIpc) is 2.89. The van der Waals surface area contributed by atoms with Gasteiger partial charge >= 0.3 is 0 Å². The topological polar surface area (TPSA) is 17.3 Å². The lowest BCUT2D eigenvalue weighted by Gasteiger charge is -2.20. The largest absolute Gasteiger partial charge is 0.318 e. The molecule has 0 unspecified atom stereocenters. The molecule has 0 aliphatic heterocycles. The van der Waals surface area contributed by atoms with Crippen molar-refractivity contribution in [2.45, 2.75) is 53.9 Å². The predicted octanol–water partition coefficient (Wildman–Crippen LogP) is 6.76. The molecule has 0 amide bonds. The molecule has 3 rings (SSSR count). The van der Waals surface area contributed by atoms with Gasteiger partial charge in [-0.3, -0.25) is 4.99 Å². The van der Waals surface area contributed by atoms with E-state index in [-0.39, 0.29) is 5.41 Å². The summed E-state index contributed by atoms with van der Waals surface area (Å²) in [6.45, 7) is 15.3. The number of aromatic nitrogens is 1. The number of hydrogen-bond acceptors (Lipinski definition) is 1. The van der Waals surface area contributed by atoms with Gasteiger partial charge in [0.05, 0.1) is 5.69 Å². The van der Waals surface area contributed by atoms with Gasteiger partial charge in [0.25, 0.3) is 0 Å². The molecule has 0 saturated heterocycles. The van der Waals surface area contributed by atoms with Crippen molar-refractivity contribution in [3.05, 3.63) is 82.2 Å². The molecule has 3 aromatic rings. The van der Waals surface area contributed by atoms with Crippen LogP contribution in [-0.2, 0) is 5.41 Å². The molecule has 0 bridgehead atoms. The van der Waals surface area contributed by atoms with E-state index in [2.05, 4.69) is 102 Å². The van der Waals surface area contributed by atoms with Crippen LogP contribution in [0, 0.1) is 27.7 Å². The second-order valence-electron chi connectivity index (χ2n) is 8.51. The molecule has 0 radical (unpaired) electrons. The van der Waals surface area contributed by atoms with E-state index in [1.54, 1.807) is 0 Å². The smallest absolute Gasteiger partial charge is 0.0661 e. The number of benzene rings is 2. The van der Waals surface area contributed by atoms with Crippen molar-refractivity contribution in [1.82, 2.24) is 4.57 Å². The van der Waals surface area contributed by atoms with Crippen LogP contribution in [0.4, 0.5) is 5.69 Å². The van der Waals surface area contributed by atoms with E-state index < -0.39 is 0 Å². The van der Waals surface area contributed by atoms with Crippen LogP contribution in [0.15, 0.2) is 53.5 Å². The van der Waals surface area contributed by atoms with Crippen molar-refractivity contribution in [2.75, 3.05) is 0 Å². The van der Waals surface area contributed by atoms with Crippen molar-refractivity contribution in [2.24, 2.45) is 4.99 Å². The van der Waals surface area contributed by atoms with Gasteiger partial charge in [0.2, 0.25) is 0 Å². The second kappa shape index (κ2) is 7.19. The Morgan fingerprint density at radius 3 is 2.15 bits per heavy atom. The minimum absolute atomic E-state index is 0.169. The first kappa shape index (κ1) is 19.2. The summed E-state index contributed by atoms with van der Waals surface area (Å²) in [4.78, 5) is 4.75. The highest BCUT2D eigenvalue weighted by atomic mass is 15.0. The zero-order valence-corrected chi connectivity index (χ0v) is 17.6. The Bertz CT molecular complexity index is 980. The van der Waals surface area contributed by atoms with E-state index in [4.69, 9.17) is 4.99 Å². The fourth-order valence-corrected chi connectivity index (χ4v) is 3.42. The third-order valence-corrected chi connectivity index (χ3v) is 5.17. The number of rotatable bonds is 3. The maximum atomic E-state index is 4.75. The average molecular weight is 359 g/mol. The minimum atomic E-state index is 0.169. The molecule has 1 aromatic heterocycles. The van der Waals surface area contributed by atoms with Crippen LogP contribution in [0.5, 0.6) is 0 Å². The van der Waals surface area contributed by atoms with Gasteiger partial charge in [-0.25, -0.2) is 0 Å². The zero-order chi connectivity index (χ0) is 19.8. The van der Waals surface area contributed by atoms with Crippen LogP contribution >= 0.6 is 0 Å². The predicted molar refractivity (Wildman–Crippen MR) is 117 cm³/mol. The van der Waals surface area contributed by atoms with Crippen LogP contribution in [0.2, 0.25) is 0 Å². The third kappa shape index (κ3) is 4.05. The van der Waals surface area contributed by atoms with E-state index >= 15 is 0 Å². The number of aliphatic imine (C=N–C) groups is 1. The van der Waals surface area contributed by atoms with Crippen molar-refractivity contribution >= 4 is 11.9 Å². The molecule has 0 spiro atoms. The summed E-state index contributed by atoms with van der Waals surface area (Å²) in [6, 6.07) is 17.5. The lowest BCUT2D eigenvalue weighted by molar-refractivity contribution is 0.590. The highest BCUT2D eigenvalue weighted by Gasteiger charge is 2.14. The Balaban J connectivity index is 1.95. The number of hydrogen-bond donors (Lipinski definition) is 0. The molecule has 0 N–H and O–H groups in total. The van der Waals surface area contributed by atoms with Gasteiger partial charge < -0.3 is 4.57 Å². The van der Waals surface area contributed by atoms with Crippen LogP contribution in [0.1, 0.15) is 54.4 Å². The standard InChI is InChI=1S/C25H30N2/c1-17-8-9-18(2)24(14-17)26-16-21-15-19(3)27(20(21)4)23-12-10-22(11-13-23)25(5,6)7/h8-16H,1-7H3. The molecule has 0 fully saturated rings. The molecule has 0 aliphatic carbocycles. The van der Waals surface area contributed by atoms with Gasteiger partial charge in [-0.2, -0.15) is 0 Å². The molecule has 0 atom stereocenters. The summed E-state index contributed by atoms with van der Waals surface area (Å²) in [5.74, 6) is 0. The van der Waals surface area contributed by atoms with Gasteiger partial charge in [-0.05, 0) is 74.1 Å². The summed E-state index contributed by atoms with van der Waals surface area (Å²) >= 11 is 0. The van der Waals surface area contributed by atoms with E-state index in [9.17, 15) is 0 Å². The second-order valence-corrected chi connectivity index (χ2v) is 8.51. The molecule has 140 valence electrons. The van der Waals surface area contributed by atoms with Crippen LogP contribution in [0.3, 0.4) is 0 Å². The molecule has 0 aliphatic rings. The van der Waals surface area contributed by atoms with Crippen molar-refractivity contribution in [3.8, 4) is 5.69 Å². The fourth-order valence-electron chi connectivity index (χ4n) is 3.42. The molecule has 2 aromatic carbocycles. The lowest BCUT2D eigenvalue weighted by atomic mass is 9.87. The summed E-state index contributed by atoms with van der Waals surface area (Å²) in [5.41, 5.74) is 9.78. The first-order valence-electron chi connectivity index (χ1n) is 9.58. The number of nitrogens with zero attached hydrogens (tertiary/aromatic N) is 2. The van der Waals surface area contributed by atoms with Crippen LogP contribution < -0.4 is 0 Å². The third-order valence-electron chi connectivity index (χ3n) is 5.17. The van der Waals surface area contributed by atoms with Gasteiger partial charge in [-0.15, -0.1) is 0 Å². The summed E-state index contributed by atoms with van der Waals surface area (Å²) < 4.78 is 2.30. The van der Waals surface area contributed by atoms with E-state index in [1.807, 2.05) is 6.21 Å². The Morgan fingerprint density at radius 2 is 1.52 bits per heavy atom. The van der Waals surface area contributed by atoms with Gasteiger partial charge in [0.15, 0.2) is 0 Å². The first-order valence-corrected chi connectivity index (χ1v) is 9.58. The van der Waals surface area contributed by atoms with E-state index in [0.29, 0.717) is 0 Å². The van der Waals surface area contributed by atoms with Crippen LogP contribution in [-0.4, -0.2) is 10.8 Å². The van der Waals surface area contributed by atoms with Gasteiger partial charge in [-0.1, -0.05) is 45.0 Å². The normalized spacial score (nSPS) is 12.1. The Labute approximate surface area is 163 Å². The maximum Gasteiger partial charge on any atom is 0.0661 e. The highest BCUT2D eigenvalue weighted by Crippen LogP contribution is 2.26. The summed E-state index contributed by atoms with van der Waals surface area (Å²) in [5, 5.41) is 0. The highest BCUT2D eigenvalue weighted by molar-refractivity contribution is 5.84. The monoisotopic (exact) mass is 358 g/mol. The molecule has 2 heteroatoms. The zero-order valence-electron chi connectivity index (χ0n) is 17.6. The molecule has 27 heavy (non-hydrogen) atoms. The quantitative estimate of drug-likeness (QED) is 0.460. The Morgan fingerprint density at radius 1 is 0.852 bits per heavy atom. The Kier molecular flexibility index (Phi) is 5.10. The van der Waals surface area contributed by atoms with Crippen LogP contribution in [0.25, 0.3) is 5.69 Å². The van der Waals surface area contributed by atoms with Crippen molar-refractivity contribution in [1.29, 1.82) is 0 Å². The molecule has 0 saturated carbocycles. The van der Waals surface area contributed by atoms with E-state index in [0.717, 1.165) is 11.3 Å².